The van der Waals surface area contributed by atoms with E-state index in [9.17, 15) is 19.7 Å². The molecule has 2 aromatic carbocycles. The second kappa shape index (κ2) is 7.03. The molecule has 0 fully saturated rings. The van der Waals surface area contributed by atoms with Gasteiger partial charge in [0.2, 0.25) is 0 Å². The van der Waals surface area contributed by atoms with Crippen LogP contribution < -0.4 is 0 Å². The lowest BCUT2D eigenvalue weighted by Gasteiger charge is -2.45. The Bertz CT molecular complexity index is 1460. The van der Waals surface area contributed by atoms with Gasteiger partial charge < -0.3 is 10.3 Å². The Kier molecular flexibility index (Phi) is 4.73. The van der Waals surface area contributed by atoms with E-state index >= 15 is 0 Å². The lowest BCUT2D eigenvalue weighted by molar-refractivity contribution is -0.514. The number of benzene rings is 2. The number of aliphatic imine (C=N–C) groups is 2. The van der Waals surface area contributed by atoms with Crippen molar-refractivity contribution in [1.29, 1.82) is 0 Å². The molecule has 0 aromatic heterocycles. The average Bonchev–Trinajstić information content (AvgIpc) is 3.08. The minimum atomic E-state index is -0.761. The lowest BCUT2D eigenvalue weighted by atomic mass is 9.82. The molecule has 1 aliphatic carbocycles. The van der Waals surface area contributed by atoms with Gasteiger partial charge in [-0.05, 0) is 90.5 Å². The molecule has 0 saturated heterocycles. The van der Waals surface area contributed by atoms with Gasteiger partial charge in [-0.25, -0.2) is 0 Å². The third-order valence-electron chi connectivity index (χ3n) is 8.70. The summed E-state index contributed by atoms with van der Waals surface area (Å²) in [6.07, 6.45) is 0. The number of hydroxylamine groups is 2. The van der Waals surface area contributed by atoms with Crippen LogP contribution in [0, 0.1) is 10.1 Å². The van der Waals surface area contributed by atoms with E-state index in [-0.39, 0.29) is 45.5 Å². The van der Waals surface area contributed by atoms with E-state index in [4.69, 9.17) is 0 Å². The van der Waals surface area contributed by atoms with E-state index in [0.717, 1.165) is 9.82 Å². The minimum absolute atomic E-state index is 0.238. The summed E-state index contributed by atoms with van der Waals surface area (Å²) in [5.41, 5.74) is -0.776. The summed E-state index contributed by atoms with van der Waals surface area (Å²) < 4.78 is 0.879. The summed E-state index contributed by atoms with van der Waals surface area (Å²) in [7, 11) is 0. The Morgan fingerprint density at radius 3 is 1.67 bits per heavy atom. The molecule has 2 heterocycles. The third-order valence-corrected chi connectivity index (χ3v) is 8.70. The van der Waals surface area contributed by atoms with Crippen molar-refractivity contribution in [2.75, 3.05) is 0 Å². The molecular weight excluding hydrogens is 456 g/mol. The molecule has 3 aliphatic rings. The third kappa shape index (κ3) is 2.97. The van der Waals surface area contributed by atoms with Gasteiger partial charge in [0, 0.05) is 33.4 Å². The van der Waals surface area contributed by atoms with E-state index in [0.29, 0.717) is 11.1 Å². The molecule has 8 heteroatoms. The molecule has 0 unspecified atom stereocenters. The van der Waals surface area contributed by atoms with E-state index in [1.54, 1.807) is 36.4 Å². The highest BCUT2D eigenvalue weighted by Gasteiger charge is 2.59. The van der Waals surface area contributed by atoms with Crippen LogP contribution in [0.15, 0.2) is 46.4 Å². The summed E-state index contributed by atoms with van der Waals surface area (Å²) in [5.74, 6) is -0.130. The number of rotatable bonds is 2. The summed E-state index contributed by atoms with van der Waals surface area (Å²) in [4.78, 5) is 49.2. The topological polar surface area (TPSA) is 105 Å². The molecule has 2 aliphatic heterocycles. The number of amidine groups is 2. The molecule has 0 amide bonds. The summed E-state index contributed by atoms with van der Waals surface area (Å²) in [6, 6.07) is 9.64. The van der Waals surface area contributed by atoms with E-state index in [1.165, 1.54) is 0 Å². The fraction of sp³-hybridized carbons (Fsp3) is 0.429. The first kappa shape index (κ1) is 24.2. The predicted molar refractivity (Wildman–Crippen MR) is 138 cm³/mol. The normalized spacial score (nSPS) is 22.8. The maximum absolute atomic E-state index is 13.5. The molecule has 0 bridgehead atoms. The second-order valence-corrected chi connectivity index (χ2v) is 11.9. The average molecular weight is 487 g/mol. The van der Waals surface area contributed by atoms with Crippen LogP contribution in [0.4, 0.5) is 0 Å². The predicted octanol–water partition coefficient (Wildman–Crippen LogP) is 4.68. The number of nitroso groups, excluding NO2 is 1. The Morgan fingerprint density at radius 2 is 1.22 bits per heavy atom. The van der Waals surface area contributed by atoms with Crippen LogP contribution in [-0.2, 0) is 0 Å². The zero-order valence-electron chi connectivity index (χ0n) is 21.9. The molecule has 0 N–H and O–H groups in total. The van der Waals surface area contributed by atoms with Crippen molar-refractivity contribution < 1.29 is 14.3 Å². The molecule has 0 spiro atoms. The maximum atomic E-state index is 13.5. The van der Waals surface area contributed by atoms with Crippen molar-refractivity contribution in [2.45, 2.75) is 77.5 Å². The highest BCUT2D eigenvalue weighted by atomic mass is 16.5. The molecule has 186 valence electrons. The fourth-order valence-corrected chi connectivity index (χ4v) is 4.71. The number of hydrogen-bond donors (Lipinski definition) is 0. The van der Waals surface area contributed by atoms with Crippen molar-refractivity contribution in [3.05, 3.63) is 79.9 Å². The molecule has 36 heavy (non-hydrogen) atoms. The largest absolute Gasteiger partial charge is 0.757 e. The Hall–Kier alpha value is -3.52. The van der Waals surface area contributed by atoms with Crippen LogP contribution in [-0.4, -0.2) is 55.2 Å². The summed E-state index contributed by atoms with van der Waals surface area (Å²) in [5, 5.41) is 13.9. The molecule has 0 radical (unpaired) electrons. The Morgan fingerprint density at radius 1 is 0.722 bits per heavy atom. The molecule has 5 rings (SSSR count). The van der Waals surface area contributed by atoms with Gasteiger partial charge in [-0.3, -0.25) is 14.6 Å². The zero-order chi connectivity index (χ0) is 26.6. The first-order valence-electron chi connectivity index (χ1n) is 12.0. The van der Waals surface area contributed by atoms with Gasteiger partial charge >= 0.3 is 5.84 Å². The summed E-state index contributed by atoms with van der Waals surface area (Å²) >= 11 is 0. The van der Waals surface area contributed by atoms with Crippen molar-refractivity contribution in [3.63, 3.8) is 0 Å². The van der Waals surface area contributed by atoms with Crippen molar-refractivity contribution in [1.82, 2.24) is 5.06 Å². The molecule has 8 nitrogen and oxygen atoms in total. The molecule has 0 atom stereocenters. The van der Waals surface area contributed by atoms with Gasteiger partial charge in [-0.1, -0.05) is 16.0 Å². The first-order chi connectivity index (χ1) is 16.5. The van der Waals surface area contributed by atoms with Crippen molar-refractivity contribution >= 4 is 23.2 Å². The Balaban J connectivity index is 1.56. The number of hydrogen-bond acceptors (Lipinski definition) is 7. The number of carbonyl (C=O) groups excluding carboxylic acids is 2. The standard InChI is InChI=1S/C28H30N4O4/c1-25(2)27(5,6)31(35)23(29-25)15-9-11-17-19(13-15)21(33)18-12-10-16(14-20(18)22(17)34)24-30-26(3,4)28(7,8)32(24)36/h9-14H,1-8H3. The van der Waals surface area contributed by atoms with Gasteiger partial charge in [0.25, 0.3) is 0 Å². The van der Waals surface area contributed by atoms with Gasteiger partial charge in [0.1, 0.15) is 5.84 Å². The van der Waals surface area contributed by atoms with E-state index < -0.39 is 22.2 Å². The van der Waals surface area contributed by atoms with Crippen LogP contribution in [0.3, 0.4) is 0 Å². The molecule has 0 saturated carbocycles. The number of nitrogens with zero attached hydrogens (tertiary/aromatic N) is 4. The lowest BCUT2D eigenvalue weighted by Crippen LogP contribution is -2.50. The Labute approximate surface area is 210 Å². The number of fused-ring (bicyclic) bond motifs is 2. The fourth-order valence-electron chi connectivity index (χ4n) is 4.71. The second-order valence-electron chi connectivity index (χ2n) is 11.9. The number of carbonyl (C=O) groups is 2. The van der Waals surface area contributed by atoms with Crippen LogP contribution in [0.25, 0.3) is 0 Å². The highest BCUT2D eigenvalue weighted by molar-refractivity contribution is 6.29. The monoisotopic (exact) mass is 486 g/mol. The minimum Gasteiger partial charge on any atom is -0.757 e. The quantitative estimate of drug-likeness (QED) is 0.489. The van der Waals surface area contributed by atoms with Gasteiger partial charge in [-0.2, -0.15) is 0 Å². The van der Waals surface area contributed by atoms with Crippen LogP contribution >= 0.6 is 0 Å². The number of ketones is 2. The van der Waals surface area contributed by atoms with Gasteiger partial charge in [0.15, 0.2) is 22.6 Å². The van der Waals surface area contributed by atoms with Crippen LogP contribution in [0.2, 0.25) is 0 Å². The van der Waals surface area contributed by atoms with Gasteiger partial charge in [-0.15, -0.1) is 0 Å². The maximum Gasteiger partial charge on any atom is 0.364 e. The van der Waals surface area contributed by atoms with Crippen molar-refractivity contribution in [2.24, 2.45) is 9.98 Å². The zero-order valence-corrected chi connectivity index (χ0v) is 21.9. The van der Waals surface area contributed by atoms with Gasteiger partial charge in [0.05, 0.1) is 11.1 Å². The SMILES string of the molecule is CC1(C)N=C(c2ccc3c(c2)C(=O)c2ccc(C4=NC(C)(C)C(C)(C)[N+]4=O)cc2C3=O)N([O-])C1(C)C. The van der Waals surface area contributed by atoms with Crippen LogP contribution in [0.1, 0.15) is 98.4 Å². The van der Waals surface area contributed by atoms with Crippen molar-refractivity contribution in [3.8, 4) is 0 Å². The smallest absolute Gasteiger partial charge is 0.364 e. The molecular formula is C28H30N4O4. The first-order valence-corrected chi connectivity index (χ1v) is 12.0. The summed E-state index contributed by atoms with van der Waals surface area (Å²) in [6.45, 7) is 14.9. The highest BCUT2D eigenvalue weighted by Crippen LogP contribution is 2.40. The van der Waals surface area contributed by atoms with E-state index in [2.05, 4.69) is 9.98 Å². The van der Waals surface area contributed by atoms with E-state index in [1.807, 2.05) is 55.4 Å². The molecule has 2 aromatic rings. The van der Waals surface area contributed by atoms with Crippen LogP contribution in [0.5, 0.6) is 0 Å².